The molecule has 3 aromatic carbocycles. The van der Waals surface area contributed by atoms with Gasteiger partial charge in [0.15, 0.2) is 0 Å². The second-order valence-corrected chi connectivity index (χ2v) is 5.31. The molecule has 0 N–H and O–H groups in total. The van der Waals surface area contributed by atoms with E-state index >= 15 is 0 Å². The summed E-state index contributed by atoms with van der Waals surface area (Å²) in [5.41, 5.74) is 1.35. The van der Waals surface area contributed by atoms with Gasteiger partial charge < -0.3 is 0 Å². The van der Waals surface area contributed by atoms with Crippen LogP contribution >= 0.6 is 22.6 Å². The van der Waals surface area contributed by atoms with Crippen LogP contribution in [0, 0.1) is 10.5 Å². The van der Waals surface area contributed by atoms with E-state index in [1.165, 1.54) is 30.7 Å². The first-order valence-corrected chi connectivity index (χ1v) is 6.40. The largest absolute Gasteiger partial charge is 0.0616 e. The van der Waals surface area contributed by atoms with Crippen LogP contribution in [-0.4, -0.2) is 0 Å². The first-order chi connectivity index (χ1) is 7.74. The normalized spacial score (nSPS) is 11.1. The summed E-state index contributed by atoms with van der Waals surface area (Å²) in [4.78, 5) is 0. The lowest BCUT2D eigenvalue weighted by Crippen LogP contribution is -1.82. The lowest BCUT2D eigenvalue weighted by atomic mass is 10.0. The summed E-state index contributed by atoms with van der Waals surface area (Å²) in [6, 6.07) is 17.6. The van der Waals surface area contributed by atoms with Crippen molar-refractivity contribution in [3.05, 3.63) is 57.7 Å². The third-order valence-electron chi connectivity index (χ3n) is 2.98. The van der Waals surface area contributed by atoms with Crippen LogP contribution in [0.25, 0.3) is 21.5 Å². The number of benzene rings is 3. The highest BCUT2D eigenvalue weighted by atomic mass is 127. The predicted octanol–water partition coefficient (Wildman–Crippen LogP) is 4.91. The number of rotatable bonds is 0. The molecule has 0 fully saturated rings. The van der Waals surface area contributed by atoms with Crippen molar-refractivity contribution >= 4 is 44.1 Å². The van der Waals surface area contributed by atoms with Crippen molar-refractivity contribution in [1.82, 2.24) is 0 Å². The van der Waals surface area contributed by atoms with Crippen molar-refractivity contribution < 1.29 is 0 Å². The highest BCUT2D eigenvalue weighted by molar-refractivity contribution is 14.1. The Morgan fingerprint density at radius 3 is 1.94 bits per heavy atom. The quantitative estimate of drug-likeness (QED) is 0.408. The van der Waals surface area contributed by atoms with E-state index in [1.807, 2.05) is 0 Å². The van der Waals surface area contributed by atoms with Gasteiger partial charge in [0.05, 0.1) is 0 Å². The molecule has 0 aliphatic carbocycles. The molecule has 0 radical (unpaired) electrons. The molecule has 0 aliphatic rings. The SMILES string of the molecule is Cc1cc2cc3ccccc3cc2cc1I. The zero-order valence-corrected chi connectivity index (χ0v) is 11.2. The molecule has 0 atom stereocenters. The number of hydrogen-bond acceptors (Lipinski definition) is 0. The number of halogens is 1. The second-order valence-electron chi connectivity index (χ2n) is 4.15. The van der Waals surface area contributed by atoms with Gasteiger partial charge in [0.1, 0.15) is 0 Å². The standard InChI is InChI=1S/C15H11I/c1-10-6-13-7-11-4-2-3-5-12(11)8-14(13)9-15(10)16/h2-9H,1H3. The Balaban J connectivity index is 2.46. The number of hydrogen-bond donors (Lipinski definition) is 0. The molecule has 3 aromatic rings. The van der Waals surface area contributed by atoms with E-state index in [4.69, 9.17) is 0 Å². The van der Waals surface area contributed by atoms with Crippen LogP contribution < -0.4 is 0 Å². The Bertz CT molecular complexity index is 623. The number of aryl methyl sites for hydroxylation is 1. The zero-order chi connectivity index (χ0) is 11.1. The Morgan fingerprint density at radius 1 is 0.750 bits per heavy atom. The summed E-state index contributed by atoms with van der Waals surface area (Å²) in [7, 11) is 0. The van der Waals surface area contributed by atoms with Gasteiger partial charge in [-0.15, -0.1) is 0 Å². The maximum Gasteiger partial charge on any atom is 0.0165 e. The average Bonchev–Trinajstić information content (AvgIpc) is 2.28. The molecule has 0 bridgehead atoms. The van der Waals surface area contributed by atoms with Gasteiger partial charge in [-0.2, -0.15) is 0 Å². The zero-order valence-electron chi connectivity index (χ0n) is 9.00. The van der Waals surface area contributed by atoms with Crippen LogP contribution in [0.2, 0.25) is 0 Å². The fourth-order valence-electron chi connectivity index (χ4n) is 2.08. The van der Waals surface area contributed by atoms with Gasteiger partial charge in [-0.1, -0.05) is 30.3 Å². The molecular weight excluding hydrogens is 307 g/mol. The molecule has 0 heterocycles. The minimum atomic E-state index is 1.31. The van der Waals surface area contributed by atoms with E-state index in [1.54, 1.807) is 0 Å². The average molecular weight is 318 g/mol. The van der Waals surface area contributed by atoms with Crippen molar-refractivity contribution in [3.63, 3.8) is 0 Å². The van der Waals surface area contributed by atoms with Gasteiger partial charge in [0.2, 0.25) is 0 Å². The molecule has 78 valence electrons. The maximum atomic E-state index is 2.40. The van der Waals surface area contributed by atoms with Crippen LogP contribution in [0.5, 0.6) is 0 Å². The van der Waals surface area contributed by atoms with E-state index in [-0.39, 0.29) is 0 Å². The van der Waals surface area contributed by atoms with Crippen molar-refractivity contribution in [2.24, 2.45) is 0 Å². The molecule has 16 heavy (non-hydrogen) atoms. The van der Waals surface area contributed by atoms with E-state index < -0.39 is 0 Å². The van der Waals surface area contributed by atoms with E-state index in [0.717, 1.165) is 0 Å². The molecule has 0 amide bonds. The van der Waals surface area contributed by atoms with Crippen molar-refractivity contribution in [2.45, 2.75) is 6.92 Å². The van der Waals surface area contributed by atoms with Crippen molar-refractivity contribution in [2.75, 3.05) is 0 Å². The van der Waals surface area contributed by atoms with Crippen LogP contribution in [0.4, 0.5) is 0 Å². The second kappa shape index (κ2) is 3.74. The molecule has 0 aliphatic heterocycles. The molecule has 0 saturated heterocycles. The lowest BCUT2D eigenvalue weighted by molar-refractivity contribution is 1.46. The molecule has 0 aromatic heterocycles. The van der Waals surface area contributed by atoms with E-state index in [9.17, 15) is 0 Å². The van der Waals surface area contributed by atoms with Crippen molar-refractivity contribution in [3.8, 4) is 0 Å². The van der Waals surface area contributed by atoms with Gasteiger partial charge in [0.25, 0.3) is 0 Å². The lowest BCUT2D eigenvalue weighted by Gasteiger charge is -2.05. The van der Waals surface area contributed by atoms with Crippen LogP contribution in [0.1, 0.15) is 5.56 Å². The smallest absolute Gasteiger partial charge is 0.0165 e. The predicted molar refractivity (Wildman–Crippen MR) is 78.9 cm³/mol. The Morgan fingerprint density at radius 2 is 1.31 bits per heavy atom. The van der Waals surface area contributed by atoms with Crippen molar-refractivity contribution in [1.29, 1.82) is 0 Å². The highest BCUT2D eigenvalue weighted by Crippen LogP contribution is 2.26. The summed E-state index contributed by atoms with van der Waals surface area (Å²) >= 11 is 2.40. The summed E-state index contributed by atoms with van der Waals surface area (Å²) in [6.45, 7) is 2.16. The third-order valence-corrected chi connectivity index (χ3v) is 4.14. The summed E-state index contributed by atoms with van der Waals surface area (Å²) in [5.74, 6) is 0. The van der Waals surface area contributed by atoms with Gasteiger partial charge >= 0.3 is 0 Å². The molecular formula is C15H11I. The maximum absolute atomic E-state index is 2.40. The van der Waals surface area contributed by atoms with Gasteiger partial charge in [-0.3, -0.25) is 0 Å². The Labute approximate surface area is 108 Å². The molecule has 0 spiro atoms. The molecule has 3 rings (SSSR count). The highest BCUT2D eigenvalue weighted by Gasteiger charge is 2.00. The third kappa shape index (κ3) is 1.59. The fourth-order valence-corrected chi connectivity index (χ4v) is 2.57. The molecule has 0 nitrogen and oxygen atoms in total. The van der Waals surface area contributed by atoms with E-state index in [2.05, 4.69) is 78.0 Å². The van der Waals surface area contributed by atoms with Gasteiger partial charge in [-0.25, -0.2) is 0 Å². The van der Waals surface area contributed by atoms with Crippen LogP contribution in [-0.2, 0) is 0 Å². The Hall–Kier alpha value is -1.09. The first-order valence-electron chi connectivity index (χ1n) is 5.33. The van der Waals surface area contributed by atoms with E-state index in [0.29, 0.717) is 0 Å². The fraction of sp³-hybridized carbons (Fsp3) is 0.0667. The molecule has 0 saturated carbocycles. The molecule has 0 unspecified atom stereocenters. The van der Waals surface area contributed by atoms with Gasteiger partial charge in [0, 0.05) is 3.57 Å². The minimum absolute atomic E-state index is 1.31. The molecule has 1 heteroatoms. The van der Waals surface area contributed by atoms with Crippen LogP contribution in [0.15, 0.2) is 48.5 Å². The number of fused-ring (bicyclic) bond motifs is 2. The summed E-state index contributed by atoms with van der Waals surface area (Å²) in [5, 5.41) is 5.29. The monoisotopic (exact) mass is 318 g/mol. The summed E-state index contributed by atoms with van der Waals surface area (Å²) in [6.07, 6.45) is 0. The summed E-state index contributed by atoms with van der Waals surface area (Å²) < 4.78 is 1.33. The van der Waals surface area contributed by atoms with Crippen LogP contribution in [0.3, 0.4) is 0 Å². The topological polar surface area (TPSA) is 0 Å². The van der Waals surface area contributed by atoms with Gasteiger partial charge in [-0.05, 0) is 74.8 Å². The first kappa shape index (κ1) is 10.1. The Kier molecular flexibility index (Phi) is 2.36. The minimum Gasteiger partial charge on any atom is -0.0616 e.